The number of aliphatic hydroxyl groups is 4. The highest BCUT2D eigenvalue weighted by molar-refractivity contribution is 7.99. The summed E-state index contributed by atoms with van der Waals surface area (Å²) in [4.78, 5) is 0. The van der Waals surface area contributed by atoms with Crippen molar-refractivity contribution in [3.8, 4) is 0 Å². The number of aliphatic hydroxyl groups excluding tert-OH is 2. The van der Waals surface area contributed by atoms with Crippen LogP contribution in [0.25, 0.3) is 0 Å². The molecule has 0 atom stereocenters. The highest BCUT2D eigenvalue weighted by Gasteiger charge is 1.98. The molecule has 4 nitrogen and oxygen atoms in total. The third-order valence-electron chi connectivity index (χ3n) is 5.50. The smallest absolute Gasteiger partial charge is 0.151 e. The van der Waals surface area contributed by atoms with Crippen molar-refractivity contribution < 1.29 is 20.4 Å². The first-order valence-electron chi connectivity index (χ1n) is 12.4. The first kappa shape index (κ1) is 29.2. The van der Waals surface area contributed by atoms with Crippen LogP contribution >= 0.6 is 11.8 Å². The van der Waals surface area contributed by atoms with Gasteiger partial charge in [-0.05, 0) is 50.0 Å². The maximum atomic E-state index is 8.77. The van der Waals surface area contributed by atoms with E-state index in [4.69, 9.17) is 20.4 Å². The summed E-state index contributed by atoms with van der Waals surface area (Å²) in [5, 5.41) is 35.1. The van der Waals surface area contributed by atoms with Crippen molar-refractivity contribution in [2.75, 3.05) is 11.5 Å². The van der Waals surface area contributed by atoms with Gasteiger partial charge in [0.15, 0.2) is 12.6 Å². The zero-order valence-corrected chi connectivity index (χ0v) is 19.7. The fourth-order valence-corrected chi connectivity index (χ4v) is 4.66. The van der Waals surface area contributed by atoms with Crippen LogP contribution in [0.1, 0.15) is 128 Å². The second kappa shape index (κ2) is 24.5. The minimum absolute atomic E-state index is 0.525. The Labute approximate surface area is 184 Å². The lowest BCUT2D eigenvalue weighted by Crippen LogP contribution is -2.02. The molecule has 0 fully saturated rings. The number of thioether (sulfide) groups is 1. The highest BCUT2D eigenvalue weighted by atomic mass is 32.2. The molecule has 5 heteroatoms. The lowest BCUT2D eigenvalue weighted by Gasteiger charge is -2.05. The van der Waals surface area contributed by atoms with Gasteiger partial charge < -0.3 is 20.4 Å². The molecule has 0 bridgehead atoms. The molecule has 0 aromatic carbocycles. The van der Waals surface area contributed by atoms with Crippen LogP contribution in [0.4, 0.5) is 0 Å². The van der Waals surface area contributed by atoms with E-state index in [1.165, 1.54) is 101 Å². The molecule has 0 rings (SSSR count). The van der Waals surface area contributed by atoms with Crippen molar-refractivity contribution in [1.82, 2.24) is 0 Å². The zero-order valence-electron chi connectivity index (χ0n) is 18.9. The van der Waals surface area contributed by atoms with E-state index >= 15 is 0 Å². The van der Waals surface area contributed by atoms with Gasteiger partial charge in [0.25, 0.3) is 0 Å². The molecule has 0 radical (unpaired) electrons. The van der Waals surface area contributed by atoms with Crippen molar-refractivity contribution in [2.24, 2.45) is 0 Å². The average molecular weight is 435 g/mol. The maximum Gasteiger partial charge on any atom is 0.151 e. The second-order valence-corrected chi connectivity index (χ2v) is 9.74. The molecule has 0 aromatic heterocycles. The van der Waals surface area contributed by atoms with Gasteiger partial charge in [-0.25, -0.2) is 0 Å². The molecule has 0 amide bonds. The van der Waals surface area contributed by atoms with Gasteiger partial charge in [0.05, 0.1) is 0 Å². The monoisotopic (exact) mass is 434 g/mol. The SMILES string of the molecule is OC(O)CCCCCCCCCCCSCCCCCCCCCCCC(O)O. The number of unbranched alkanes of at least 4 members (excludes halogenated alkanes) is 16. The van der Waals surface area contributed by atoms with E-state index in [-0.39, 0.29) is 0 Å². The van der Waals surface area contributed by atoms with Gasteiger partial charge in [0.1, 0.15) is 0 Å². The summed E-state index contributed by atoms with van der Waals surface area (Å²) in [6.07, 6.45) is 21.6. The van der Waals surface area contributed by atoms with Crippen molar-refractivity contribution >= 4 is 11.8 Å². The molecule has 29 heavy (non-hydrogen) atoms. The van der Waals surface area contributed by atoms with Gasteiger partial charge >= 0.3 is 0 Å². The third-order valence-corrected chi connectivity index (χ3v) is 6.66. The predicted octanol–water partition coefficient (Wildman–Crippen LogP) is 6.14. The van der Waals surface area contributed by atoms with Crippen LogP contribution in [-0.2, 0) is 0 Å². The van der Waals surface area contributed by atoms with Crippen molar-refractivity contribution in [1.29, 1.82) is 0 Å². The molecule has 176 valence electrons. The summed E-state index contributed by atoms with van der Waals surface area (Å²) in [5.74, 6) is 2.65. The van der Waals surface area contributed by atoms with Gasteiger partial charge in [0, 0.05) is 0 Å². The van der Waals surface area contributed by atoms with E-state index in [1.807, 2.05) is 0 Å². The van der Waals surface area contributed by atoms with Gasteiger partial charge in [-0.1, -0.05) is 89.9 Å². The molecule has 0 heterocycles. The van der Waals surface area contributed by atoms with E-state index in [2.05, 4.69) is 11.8 Å². The van der Waals surface area contributed by atoms with E-state index in [0.717, 1.165) is 25.7 Å². The van der Waals surface area contributed by atoms with Crippen LogP contribution in [0, 0.1) is 0 Å². The zero-order chi connectivity index (χ0) is 21.4. The maximum absolute atomic E-state index is 8.77. The van der Waals surface area contributed by atoms with Gasteiger partial charge in [-0.15, -0.1) is 0 Å². The van der Waals surface area contributed by atoms with E-state index in [1.54, 1.807) is 0 Å². The Balaban J connectivity index is 3.00. The number of hydrogen-bond donors (Lipinski definition) is 4. The van der Waals surface area contributed by atoms with Gasteiger partial charge in [-0.2, -0.15) is 11.8 Å². The molecule has 0 aliphatic rings. The number of hydrogen-bond acceptors (Lipinski definition) is 5. The molecule has 0 aliphatic carbocycles. The molecule has 0 saturated heterocycles. The normalized spacial score (nSPS) is 11.8. The molecular weight excluding hydrogens is 384 g/mol. The van der Waals surface area contributed by atoms with E-state index < -0.39 is 12.6 Å². The fraction of sp³-hybridized carbons (Fsp3) is 1.00. The van der Waals surface area contributed by atoms with Crippen LogP contribution in [0.15, 0.2) is 0 Å². The minimum Gasteiger partial charge on any atom is -0.368 e. The lowest BCUT2D eigenvalue weighted by atomic mass is 10.1. The highest BCUT2D eigenvalue weighted by Crippen LogP contribution is 2.15. The van der Waals surface area contributed by atoms with Crippen molar-refractivity contribution in [2.45, 2.75) is 141 Å². The topological polar surface area (TPSA) is 80.9 Å². The Morgan fingerprint density at radius 3 is 0.862 bits per heavy atom. The molecular formula is C24H50O4S. The van der Waals surface area contributed by atoms with Gasteiger partial charge in [0.2, 0.25) is 0 Å². The van der Waals surface area contributed by atoms with Crippen LogP contribution in [0.3, 0.4) is 0 Å². The minimum atomic E-state index is -1.12. The second-order valence-electron chi connectivity index (χ2n) is 8.51. The predicted molar refractivity (Wildman–Crippen MR) is 126 cm³/mol. The Morgan fingerprint density at radius 1 is 0.345 bits per heavy atom. The Hall–Kier alpha value is 0.190. The summed E-state index contributed by atoms with van der Waals surface area (Å²) in [5.41, 5.74) is 0. The Bertz CT molecular complexity index is 273. The quantitative estimate of drug-likeness (QED) is 0.108. The molecule has 4 N–H and O–H groups in total. The van der Waals surface area contributed by atoms with E-state index in [0.29, 0.717) is 12.8 Å². The summed E-state index contributed by atoms with van der Waals surface area (Å²) in [7, 11) is 0. The molecule has 0 spiro atoms. The first-order chi connectivity index (χ1) is 14.1. The van der Waals surface area contributed by atoms with Gasteiger partial charge in [-0.3, -0.25) is 0 Å². The third kappa shape index (κ3) is 28.2. The van der Waals surface area contributed by atoms with Crippen LogP contribution < -0.4 is 0 Å². The summed E-state index contributed by atoms with van der Waals surface area (Å²) < 4.78 is 0. The summed E-state index contributed by atoms with van der Waals surface area (Å²) in [6, 6.07) is 0. The fourth-order valence-electron chi connectivity index (χ4n) is 3.64. The van der Waals surface area contributed by atoms with Crippen LogP contribution in [-0.4, -0.2) is 44.5 Å². The average Bonchev–Trinajstić information content (AvgIpc) is 2.68. The molecule has 0 unspecified atom stereocenters. The van der Waals surface area contributed by atoms with Crippen molar-refractivity contribution in [3.63, 3.8) is 0 Å². The molecule has 0 aromatic rings. The summed E-state index contributed by atoms with van der Waals surface area (Å²) >= 11 is 2.13. The first-order valence-corrected chi connectivity index (χ1v) is 13.6. The van der Waals surface area contributed by atoms with Crippen molar-refractivity contribution in [3.05, 3.63) is 0 Å². The number of rotatable bonds is 24. The Kier molecular flexibility index (Phi) is 24.6. The molecule has 0 saturated carbocycles. The van der Waals surface area contributed by atoms with Crippen LogP contribution in [0.2, 0.25) is 0 Å². The lowest BCUT2D eigenvalue weighted by molar-refractivity contribution is -0.0472. The van der Waals surface area contributed by atoms with E-state index in [9.17, 15) is 0 Å². The van der Waals surface area contributed by atoms with Crippen LogP contribution in [0.5, 0.6) is 0 Å². The largest absolute Gasteiger partial charge is 0.368 e. The Morgan fingerprint density at radius 2 is 0.586 bits per heavy atom. The molecule has 0 aliphatic heterocycles. The standard InChI is InChI=1S/C24H50O4S/c25-23(26)19-15-11-7-3-1-5-9-13-17-21-29-22-18-14-10-6-2-4-8-12-16-20-24(27)28/h23-28H,1-22H2. The summed E-state index contributed by atoms with van der Waals surface area (Å²) in [6.45, 7) is 0.